The van der Waals surface area contributed by atoms with E-state index in [1.165, 1.54) is 0 Å². The molecule has 2 N–H and O–H groups in total. The number of benzene rings is 2. The first kappa shape index (κ1) is 15.3. The Kier molecular flexibility index (Phi) is 3.49. The molecule has 118 valence electrons. The molecule has 0 bridgehead atoms. The minimum absolute atomic E-state index is 0.139. The Morgan fingerprint density at radius 3 is 2.39 bits per heavy atom. The molecule has 6 heteroatoms. The van der Waals surface area contributed by atoms with Gasteiger partial charge in [0.05, 0.1) is 11.0 Å². The molecule has 0 amide bonds. The summed E-state index contributed by atoms with van der Waals surface area (Å²) in [5, 5.41) is 9.80. The number of halogens is 2. The third kappa shape index (κ3) is 2.85. The van der Waals surface area contributed by atoms with Crippen LogP contribution in [0.4, 0.5) is 8.78 Å². The molecule has 0 atom stereocenters. The van der Waals surface area contributed by atoms with E-state index >= 15 is 0 Å². The number of aromatic nitrogens is 2. The zero-order valence-electron chi connectivity index (χ0n) is 12.5. The van der Waals surface area contributed by atoms with Gasteiger partial charge in [-0.1, -0.05) is 24.3 Å². The van der Waals surface area contributed by atoms with E-state index in [1.54, 1.807) is 38.1 Å². The van der Waals surface area contributed by atoms with Crippen molar-refractivity contribution in [1.82, 2.24) is 9.97 Å². The highest BCUT2D eigenvalue weighted by Gasteiger charge is 2.16. The van der Waals surface area contributed by atoms with Gasteiger partial charge >= 0.3 is 0 Å². The van der Waals surface area contributed by atoms with Gasteiger partial charge in [0, 0.05) is 11.6 Å². The van der Waals surface area contributed by atoms with Gasteiger partial charge in [-0.05, 0) is 25.5 Å². The maximum absolute atomic E-state index is 13.9. The van der Waals surface area contributed by atoms with Crippen LogP contribution in [-0.4, -0.2) is 15.1 Å². The lowest BCUT2D eigenvalue weighted by Gasteiger charge is -2.17. The second-order valence-corrected chi connectivity index (χ2v) is 5.83. The summed E-state index contributed by atoms with van der Waals surface area (Å²) in [5.74, 6) is -1.54. The van der Waals surface area contributed by atoms with Crippen molar-refractivity contribution in [3.8, 4) is 11.4 Å². The fraction of sp³-hybridized carbons (Fsp3) is 0.176. The van der Waals surface area contributed by atoms with Gasteiger partial charge in [-0.15, -0.1) is 0 Å². The van der Waals surface area contributed by atoms with Crippen molar-refractivity contribution < 1.29 is 13.9 Å². The van der Waals surface area contributed by atoms with Crippen LogP contribution in [0, 0.1) is 11.6 Å². The van der Waals surface area contributed by atoms with Crippen molar-refractivity contribution in [2.75, 3.05) is 0 Å². The standard InChI is InChI=1S/C17H14F2N2O2/c1-17(2,23)10-5-3-9(4-6-10)15-20-14-12(16(22)21-15)7-11(18)8-13(14)19/h3-8,23H,1-2H3,(H,20,21,22). The van der Waals surface area contributed by atoms with Crippen molar-refractivity contribution in [3.63, 3.8) is 0 Å². The number of hydrogen-bond donors (Lipinski definition) is 2. The van der Waals surface area contributed by atoms with Crippen LogP contribution in [0.1, 0.15) is 19.4 Å². The molecule has 0 saturated carbocycles. The largest absolute Gasteiger partial charge is 0.386 e. The zero-order valence-corrected chi connectivity index (χ0v) is 12.5. The Morgan fingerprint density at radius 2 is 1.78 bits per heavy atom. The lowest BCUT2D eigenvalue weighted by Crippen LogP contribution is -2.15. The van der Waals surface area contributed by atoms with Gasteiger partial charge in [0.15, 0.2) is 5.82 Å². The molecular weight excluding hydrogens is 302 g/mol. The smallest absolute Gasteiger partial charge is 0.259 e. The Hall–Kier alpha value is -2.60. The van der Waals surface area contributed by atoms with Crippen LogP contribution in [0.2, 0.25) is 0 Å². The zero-order chi connectivity index (χ0) is 16.8. The fourth-order valence-corrected chi connectivity index (χ4v) is 2.34. The Morgan fingerprint density at radius 1 is 1.13 bits per heavy atom. The summed E-state index contributed by atoms with van der Waals surface area (Å²) >= 11 is 0. The maximum Gasteiger partial charge on any atom is 0.259 e. The summed E-state index contributed by atoms with van der Waals surface area (Å²) in [6.07, 6.45) is 0. The second-order valence-electron chi connectivity index (χ2n) is 5.83. The highest BCUT2D eigenvalue weighted by molar-refractivity contribution is 5.80. The molecule has 2 aromatic carbocycles. The summed E-state index contributed by atoms with van der Waals surface area (Å²) in [5.41, 5.74) is -0.545. The van der Waals surface area contributed by atoms with Crippen LogP contribution in [-0.2, 0) is 5.60 Å². The van der Waals surface area contributed by atoms with Crippen LogP contribution >= 0.6 is 0 Å². The van der Waals surface area contributed by atoms with Gasteiger partial charge in [-0.3, -0.25) is 4.79 Å². The number of nitrogens with zero attached hydrogens (tertiary/aromatic N) is 1. The van der Waals surface area contributed by atoms with E-state index < -0.39 is 22.8 Å². The summed E-state index contributed by atoms with van der Waals surface area (Å²) < 4.78 is 27.1. The predicted octanol–water partition coefficient (Wildman–Crippen LogP) is 3.10. The molecule has 0 aliphatic rings. The van der Waals surface area contributed by atoms with Crippen molar-refractivity contribution >= 4 is 10.9 Å². The summed E-state index contributed by atoms with van der Waals surface area (Å²) in [6.45, 7) is 3.31. The molecule has 23 heavy (non-hydrogen) atoms. The molecule has 3 rings (SSSR count). The number of hydrogen-bond acceptors (Lipinski definition) is 3. The summed E-state index contributed by atoms with van der Waals surface area (Å²) in [7, 11) is 0. The SMILES string of the molecule is CC(C)(O)c1ccc(-c2nc3c(F)cc(F)cc3c(=O)[nH]2)cc1. The molecule has 0 saturated heterocycles. The van der Waals surface area contributed by atoms with E-state index in [0.29, 0.717) is 17.2 Å². The summed E-state index contributed by atoms with van der Waals surface area (Å²) in [4.78, 5) is 18.6. The van der Waals surface area contributed by atoms with E-state index in [0.717, 1.165) is 6.07 Å². The topological polar surface area (TPSA) is 66.0 Å². The van der Waals surface area contributed by atoms with Gasteiger partial charge < -0.3 is 10.1 Å². The van der Waals surface area contributed by atoms with E-state index in [-0.39, 0.29) is 16.7 Å². The average Bonchev–Trinajstić information content (AvgIpc) is 2.47. The number of aromatic amines is 1. The van der Waals surface area contributed by atoms with Crippen LogP contribution in [0.25, 0.3) is 22.3 Å². The van der Waals surface area contributed by atoms with Crippen LogP contribution in [0.3, 0.4) is 0 Å². The molecule has 0 fully saturated rings. The van der Waals surface area contributed by atoms with Crippen molar-refractivity contribution in [2.24, 2.45) is 0 Å². The van der Waals surface area contributed by atoms with Crippen molar-refractivity contribution in [1.29, 1.82) is 0 Å². The van der Waals surface area contributed by atoms with Gasteiger partial charge in [0.2, 0.25) is 0 Å². The summed E-state index contributed by atoms with van der Waals surface area (Å²) in [6, 6.07) is 8.36. The first-order valence-electron chi connectivity index (χ1n) is 6.98. The Labute approximate surface area is 130 Å². The van der Waals surface area contributed by atoms with E-state index in [1.807, 2.05) is 0 Å². The molecule has 0 aliphatic heterocycles. The molecule has 1 heterocycles. The number of aliphatic hydroxyl groups is 1. The first-order valence-corrected chi connectivity index (χ1v) is 6.98. The minimum Gasteiger partial charge on any atom is -0.386 e. The van der Waals surface area contributed by atoms with E-state index in [2.05, 4.69) is 9.97 Å². The first-order chi connectivity index (χ1) is 10.8. The van der Waals surface area contributed by atoms with Gasteiger partial charge in [-0.2, -0.15) is 0 Å². The molecular formula is C17H14F2N2O2. The number of H-pyrrole nitrogens is 1. The second kappa shape index (κ2) is 5.24. The van der Waals surface area contributed by atoms with E-state index in [9.17, 15) is 18.7 Å². The Balaban J connectivity index is 2.16. The van der Waals surface area contributed by atoms with Crippen LogP contribution in [0.5, 0.6) is 0 Å². The molecule has 1 aromatic heterocycles. The lowest BCUT2D eigenvalue weighted by atomic mass is 9.97. The molecule has 0 aliphatic carbocycles. The molecule has 3 aromatic rings. The van der Waals surface area contributed by atoms with E-state index in [4.69, 9.17) is 0 Å². The van der Waals surface area contributed by atoms with Crippen LogP contribution in [0.15, 0.2) is 41.2 Å². The average molecular weight is 316 g/mol. The molecule has 0 radical (unpaired) electrons. The Bertz CT molecular complexity index is 942. The molecule has 4 nitrogen and oxygen atoms in total. The lowest BCUT2D eigenvalue weighted by molar-refractivity contribution is 0.0786. The highest BCUT2D eigenvalue weighted by atomic mass is 19.1. The fourth-order valence-electron chi connectivity index (χ4n) is 2.34. The van der Waals surface area contributed by atoms with Crippen LogP contribution < -0.4 is 5.56 Å². The third-order valence-electron chi connectivity index (χ3n) is 3.59. The normalized spacial score (nSPS) is 11.9. The number of nitrogens with one attached hydrogen (secondary N) is 1. The van der Waals surface area contributed by atoms with Gasteiger partial charge in [0.1, 0.15) is 17.2 Å². The number of rotatable bonds is 2. The quantitative estimate of drug-likeness (QED) is 0.763. The van der Waals surface area contributed by atoms with Gasteiger partial charge in [0.25, 0.3) is 5.56 Å². The predicted molar refractivity (Wildman–Crippen MR) is 83.0 cm³/mol. The molecule has 0 unspecified atom stereocenters. The van der Waals surface area contributed by atoms with Crippen molar-refractivity contribution in [2.45, 2.75) is 19.4 Å². The monoisotopic (exact) mass is 316 g/mol. The maximum atomic E-state index is 13.9. The third-order valence-corrected chi connectivity index (χ3v) is 3.59. The van der Waals surface area contributed by atoms with Crippen molar-refractivity contribution in [3.05, 3.63) is 63.9 Å². The molecule has 0 spiro atoms. The highest BCUT2D eigenvalue weighted by Crippen LogP contribution is 2.24. The number of fused-ring (bicyclic) bond motifs is 1. The van der Waals surface area contributed by atoms with Gasteiger partial charge in [-0.25, -0.2) is 13.8 Å². The minimum atomic E-state index is -0.994.